The zero-order chi connectivity index (χ0) is 21.9. The van der Waals surface area contributed by atoms with Crippen molar-refractivity contribution in [3.8, 4) is 12.4 Å². The molecule has 2 amide bonds. The number of nitriles is 2. The lowest BCUT2D eigenvalue weighted by Gasteiger charge is -2.21. The molecule has 0 saturated carbocycles. The second-order valence-corrected chi connectivity index (χ2v) is 8.17. The zero-order valence-electron chi connectivity index (χ0n) is 18.0. The van der Waals surface area contributed by atoms with E-state index in [0.717, 1.165) is 32.5 Å². The molecule has 0 unspecified atom stereocenters. The molecule has 0 aromatic carbocycles. The third kappa shape index (κ3) is 20.2. The van der Waals surface area contributed by atoms with Crippen molar-refractivity contribution in [1.82, 2.24) is 10.6 Å². The van der Waals surface area contributed by atoms with Crippen LogP contribution in [0.4, 0.5) is 0 Å². The quantitative estimate of drug-likeness (QED) is 0.213. The SMILES string of the molecule is CC(C)(C)CCCOCCCOCCCC(C)(C)C(=O)NC#N.N#CNC=O. The summed E-state index contributed by atoms with van der Waals surface area (Å²) < 4.78 is 11.1. The minimum atomic E-state index is -0.532. The molecule has 0 radical (unpaired) electrons. The Morgan fingerprint density at radius 1 is 0.893 bits per heavy atom. The van der Waals surface area contributed by atoms with Crippen molar-refractivity contribution in [2.24, 2.45) is 10.8 Å². The van der Waals surface area contributed by atoms with Crippen molar-refractivity contribution < 1.29 is 19.1 Å². The molecule has 2 N–H and O–H groups in total. The standard InChI is InChI=1S/C18H34N2O3.C2H2N2O/c1-17(2,3)9-6-11-22-13-8-14-23-12-7-10-18(4,5)16(21)20-15-19;3-1-4-2-5/h6-14H2,1-5H3,(H,20,21);2H,(H,4,5). The predicted octanol–water partition coefficient (Wildman–Crippen LogP) is 2.85. The first kappa shape index (κ1) is 28.1. The average molecular weight is 397 g/mol. The highest BCUT2D eigenvalue weighted by Crippen LogP contribution is 2.22. The third-order valence-corrected chi connectivity index (χ3v) is 3.79. The minimum Gasteiger partial charge on any atom is -0.381 e. The Bertz CT molecular complexity index is 502. The Balaban J connectivity index is 0. The predicted molar refractivity (Wildman–Crippen MR) is 107 cm³/mol. The van der Waals surface area contributed by atoms with E-state index in [9.17, 15) is 4.79 Å². The fourth-order valence-corrected chi connectivity index (χ4v) is 2.15. The van der Waals surface area contributed by atoms with Crippen molar-refractivity contribution in [2.75, 3.05) is 26.4 Å². The van der Waals surface area contributed by atoms with Crippen LogP contribution < -0.4 is 10.6 Å². The molecule has 0 aromatic heterocycles. The Hall–Kier alpha value is -2.16. The number of hydrogen-bond acceptors (Lipinski definition) is 6. The maximum atomic E-state index is 11.6. The van der Waals surface area contributed by atoms with E-state index in [0.29, 0.717) is 31.5 Å². The third-order valence-electron chi connectivity index (χ3n) is 3.79. The van der Waals surface area contributed by atoms with E-state index in [1.165, 1.54) is 12.6 Å². The molecule has 0 rings (SSSR count). The van der Waals surface area contributed by atoms with Gasteiger partial charge in [0.05, 0.1) is 0 Å². The van der Waals surface area contributed by atoms with Crippen LogP contribution in [0, 0.1) is 33.7 Å². The molecule has 0 atom stereocenters. The van der Waals surface area contributed by atoms with Crippen molar-refractivity contribution in [1.29, 1.82) is 10.5 Å². The molecule has 0 aliphatic carbocycles. The zero-order valence-corrected chi connectivity index (χ0v) is 18.0. The number of amides is 2. The molecule has 0 fully saturated rings. The monoisotopic (exact) mass is 396 g/mol. The summed E-state index contributed by atoms with van der Waals surface area (Å²) in [6.07, 6.45) is 8.07. The molecule has 8 nitrogen and oxygen atoms in total. The van der Waals surface area contributed by atoms with E-state index in [1.54, 1.807) is 11.5 Å². The second-order valence-electron chi connectivity index (χ2n) is 8.17. The van der Waals surface area contributed by atoms with Crippen LogP contribution in [0.5, 0.6) is 0 Å². The largest absolute Gasteiger partial charge is 0.381 e. The van der Waals surface area contributed by atoms with E-state index in [2.05, 4.69) is 26.1 Å². The Morgan fingerprint density at radius 2 is 1.39 bits per heavy atom. The molecule has 0 heterocycles. The fourth-order valence-electron chi connectivity index (χ4n) is 2.15. The van der Waals surface area contributed by atoms with Gasteiger partial charge < -0.3 is 9.47 Å². The van der Waals surface area contributed by atoms with E-state index in [1.807, 2.05) is 13.8 Å². The number of hydrogen-bond donors (Lipinski definition) is 2. The highest BCUT2D eigenvalue weighted by atomic mass is 16.5. The lowest BCUT2D eigenvalue weighted by Crippen LogP contribution is -2.34. The molecule has 28 heavy (non-hydrogen) atoms. The van der Waals surface area contributed by atoms with Gasteiger partial charge in [-0.15, -0.1) is 0 Å². The van der Waals surface area contributed by atoms with Gasteiger partial charge in [0.25, 0.3) is 0 Å². The first-order valence-electron chi connectivity index (χ1n) is 9.54. The van der Waals surface area contributed by atoms with E-state index < -0.39 is 5.41 Å². The van der Waals surface area contributed by atoms with Gasteiger partial charge in [-0.05, 0) is 37.5 Å². The number of carbonyl (C=O) groups is 2. The van der Waals surface area contributed by atoms with Crippen molar-refractivity contribution in [2.45, 2.75) is 66.7 Å². The Morgan fingerprint density at radius 3 is 1.79 bits per heavy atom. The lowest BCUT2D eigenvalue weighted by molar-refractivity contribution is -0.128. The van der Waals surface area contributed by atoms with Gasteiger partial charge in [0, 0.05) is 31.8 Å². The molecule has 0 aliphatic rings. The molecular formula is C20H36N4O4. The fraction of sp³-hybridized carbons (Fsp3) is 0.800. The van der Waals surface area contributed by atoms with Crippen LogP contribution in [0.2, 0.25) is 0 Å². The van der Waals surface area contributed by atoms with E-state index in [-0.39, 0.29) is 5.91 Å². The smallest absolute Gasteiger partial charge is 0.238 e. The van der Waals surface area contributed by atoms with Crippen LogP contribution in [0.1, 0.15) is 66.7 Å². The molecule has 0 aromatic rings. The lowest BCUT2D eigenvalue weighted by atomic mass is 9.87. The van der Waals surface area contributed by atoms with Crippen molar-refractivity contribution in [3.05, 3.63) is 0 Å². The normalized spacial score (nSPS) is 10.7. The molecule has 0 spiro atoms. The van der Waals surface area contributed by atoms with Crippen LogP contribution in [-0.4, -0.2) is 38.7 Å². The molecule has 0 saturated heterocycles. The van der Waals surface area contributed by atoms with Crippen LogP contribution in [0.3, 0.4) is 0 Å². The highest BCUT2D eigenvalue weighted by molar-refractivity contribution is 5.82. The maximum Gasteiger partial charge on any atom is 0.238 e. The molecule has 0 bridgehead atoms. The number of nitrogens with one attached hydrogen (secondary N) is 2. The van der Waals surface area contributed by atoms with E-state index in [4.69, 9.17) is 24.8 Å². The van der Waals surface area contributed by atoms with Crippen molar-refractivity contribution in [3.63, 3.8) is 0 Å². The topological polar surface area (TPSA) is 124 Å². The summed E-state index contributed by atoms with van der Waals surface area (Å²) >= 11 is 0. The second kappa shape index (κ2) is 17.0. The van der Waals surface area contributed by atoms with Crippen LogP contribution in [-0.2, 0) is 19.1 Å². The molecule has 0 aliphatic heterocycles. The maximum absolute atomic E-state index is 11.6. The number of carbonyl (C=O) groups excluding carboxylic acids is 2. The number of nitrogens with zero attached hydrogens (tertiary/aromatic N) is 2. The van der Waals surface area contributed by atoms with Crippen LogP contribution in [0.15, 0.2) is 0 Å². The van der Waals surface area contributed by atoms with Gasteiger partial charge in [0.2, 0.25) is 12.3 Å². The molecule has 160 valence electrons. The average Bonchev–Trinajstić information content (AvgIpc) is 2.60. The number of rotatable bonds is 13. The summed E-state index contributed by atoms with van der Waals surface area (Å²) in [6, 6.07) is 0. The van der Waals surface area contributed by atoms with Crippen LogP contribution in [0.25, 0.3) is 0 Å². The molecular weight excluding hydrogens is 360 g/mol. The van der Waals surface area contributed by atoms with Gasteiger partial charge in [0.15, 0.2) is 12.4 Å². The summed E-state index contributed by atoms with van der Waals surface area (Å²) in [6.45, 7) is 13.3. The van der Waals surface area contributed by atoms with Crippen molar-refractivity contribution >= 4 is 12.3 Å². The summed E-state index contributed by atoms with van der Waals surface area (Å²) in [5.74, 6) is -0.233. The van der Waals surface area contributed by atoms with Gasteiger partial charge in [-0.25, -0.2) is 0 Å². The van der Waals surface area contributed by atoms with Gasteiger partial charge in [-0.1, -0.05) is 34.6 Å². The summed E-state index contributed by atoms with van der Waals surface area (Å²) in [4.78, 5) is 20.7. The van der Waals surface area contributed by atoms with Gasteiger partial charge >= 0.3 is 0 Å². The summed E-state index contributed by atoms with van der Waals surface area (Å²) in [5, 5.41) is 19.9. The Kier molecular flexibility index (Phi) is 17.0. The summed E-state index contributed by atoms with van der Waals surface area (Å²) in [5.41, 5.74) is -0.153. The Labute approximate surface area is 169 Å². The first-order valence-corrected chi connectivity index (χ1v) is 9.54. The highest BCUT2D eigenvalue weighted by Gasteiger charge is 2.26. The van der Waals surface area contributed by atoms with Crippen LogP contribution >= 0.6 is 0 Å². The number of ether oxygens (including phenoxy) is 2. The minimum absolute atomic E-state index is 0.233. The van der Waals surface area contributed by atoms with Gasteiger partial charge in [-0.2, -0.15) is 10.5 Å². The van der Waals surface area contributed by atoms with E-state index >= 15 is 0 Å². The van der Waals surface area contributed by atoms with Gasteiger partial charge in [0.1, 0.15) is 0 Å². The summed E-state index contributed by atoms with van der Waals surface area (Å²) in [7, 11) is 0. The molecule has 8 heteroatoms. The van der Waals surface area contributed by atoms with Gasteiger partial charge in [-0.3, -0.25) is 20.2 Å². The first-order chi connectivity index (χ1) is 13.1.